The smallest absolute Gasteiger partial charge is 0.261 e. The molecule has 0 aromatic heterocycles. The molecule has 2 N–H and O–H groups in total. The summed E-state index contributed by atoms with van der Waals surface area (Å²) in [6.45, 7) is 10.3. The third-order valence-corrected chi connectivity index (χ3v) is 7.13. The van der Waals surface area contributed by atoms with Crippen LogP contribution in [0.4, 0.5) is 5.69 Å². The number of nitrogens with one attached hydrogen (secondary N) is 2. The van der Waals surface area contributed by atoms with E-state index in [1.165, 1.54) is 29.8 Å². The summed E-state index contributed by atoms with van der Waals surface area (Å²) in [6.07, 6.45) is 0. The summed E-state index contributed by atoms with van der Waals surface area (Å²) >= 11 is 6.30. The summed E-state index contributed by atoms with van der Waals surface area (Å²) in [5.74, 6) is -0.294. The fraction of sp³-hybridized carbons (Fsp3) is 0.269. The Hall–Kier alpha value is -2.83. The van der Waals surface area contributed by atoms with Gasteiger partial charge in [0, 0.05) is 5.56 Å². The lowest BCUT2D eigenvalue weighted by Crippen LogP contribution is -2.26. The predicted molar refractivity (Wildman–Crippen MR) is 134 cm³/mol. The van der Waals surface area contributed by atoms with Crippen molar-refractivity contribution in [2.45, 2.75) is 51.0 Å². The van der Waals surface area contributed by atoms with Crippen molar-refractivity contribution in [1.82, 2.24) is 5.32 Å². The van der Waals surface area contributed by atoms with Gasteiger partial charge < -0.3 is 5.32 Å². The lowest BCUT2D eigenvalue weighted by molar-refractivity contribution is 0.0940. The van der Waals surface area contributed by atoms with Gasteiger partial charge in [0.2, 0.25) is 0 Å². The maximum atomic E-state index is 12.7. The fourth-order valence-corrected chi connectivity index (χ4v) is 4.66. The highest BCUT2D eigenvalue weighted by atomic mass is 35.5. The van der Waals surface area contributed by atoms with E-state index < -0.39 is 10.0 Å². The number of amides is 1. The number of carbonyl (C=O) groups is 1. The van der Waals surface area contributed by atoms with Crippen molar-refractivity contribution < 1.29 is 13.2 Å². The average Bonchev–Trinajstić information content (AvgIpc) is 2.74. The minimum absolute atomic E-state index is 0.0600. The number of sulfonamides is 1. The lowest BCUT2D eigenvalue weighted by atomic mass is 9.86. The number of benzene rings is 3. The summed E-state index contributed by atoms with van der Waals surface area (Å²) in [7, 11) is -3.79. The van der Waals surface area contributed by atoms with E-state index in [2.05, 4.69) is 42.9 Å². The van der Waals surface area contributed by atoms with Crippen molar-refractivity contribution in [3.63, 3.8) is 0 Å². The first kappa shape index (κ1) is 24.8. The Bertz CT molecular complexity index is 1250. The zero-order chi connectivity index (χ0) is 24.4. The van der Waals surface area contributed by atoms with Gasteiger partial charge in [-0.05, 0) is 60.7 Å². The highest BCUT2D eigenvalue weighted by molar-refractivity contribution is 7.92. The summed E-state index contributed by atoms with van der Waals surface area (Å²) in [5.41, 5.74) is 3.78. The topological polar surface area (TPSA) is 75.3 Å². The molecule has 33 heavy (non-hydrogen) atoms. The molecule has 0 spiro atoms. The number of aryl methyl sites for hydroxylation is 1. The summed E-state index contributed by atoms with van der Waals surface area (Å²) < 4.78 is 27.7. The summed E-state index contributed by atoms with van der Waals surface area (Å²) in [4.78, 5) is 12.9. The van der Waals surface area contributed by atoms with Crippen LogP contribution in [0.15, 0.2) is 71.6 Å². The molecule has 1 atom stereocenters. The van der Waals surface area contributed by atoms with Crippen LogP contribution in [0.25, 0.3) is 0 Å². The molecular weight excluding hydrogens is 456 g/mol. The Balaban J connectivity index is 1.71. The highest BCUT2D eigenvalue weighted by Crippen LogP contribution is 2.27. The van der Waals surface area contributed by atoms with Gasteiger partial charge in [-0.15, -0.1) is 0 Å². The van der Waals surface area contributed by atoms with Gasteiger partial charge in [0.05, 0.1) is 21.6 Å². The minimum Gasteiger partial charge on any atom is -0.346 e. The van der Waals surface area contributed by atoms with Crippen molar-refractivity contribution in [2.75, 3.05) is 4.72 Å². The molecular formula is C26H29ClN2O3S. The monoisotopic (exact) mass is 484 g/mol. The summed E-state index contributed by atoms with van der Waals surface area (Å²) in [5, 5.41) is 3.10. The summed E-state index contributed by atoms with van der Waals surface area (Å²) in [6, 6.07) is 19.0. The molecule has 0 saturated carbocycles. The van der Waals surface area contributed by atoms with Crippen LogP contribution in [0.3, 0.4) is 0 Å². The van der Waals surface area contributed by atoms with Crippen LogP contribution in [0, 0.1) is 6.92 Å². The van der Waals surface area contributed by atoms with Gasteiger partial charge in [0.15, 0.2) is 0 Å². The number of rotatable bonds is 6. The second-order valence-corrected chi connectivity index (χ2v) is 11.3. The predicted octanol–water partition coefficient (Wildman–Crippen LogP) is 6.24. The van der Waals surface area contributed by atoms with Crippen LogP contribution < -0.4 is 10.0 Å². The first-order valence-corrected chi connectivity index (χ1v) is 12.5. The van der Waals surface area contributed by atoms with Gasteiger partial charge in [0.25, 0.3) is 15.9 Å². The zero-order valence-electron chi connectivity index (χ0n) is 19.4. The van der Waals surface area contributed by atoms with Crippen LogP contribution in [-0.2, 0) is 15.4 Å². The molecule has 3 rings (SSSR count). The van der Waals surface area contributed by atoms with Crippen molar-refractivity contribution in [1.29, 1.82) is 0 Å². The van der Waals surface area contributed by atoms with E-state index in [4.69, 9.17) is 11.6 Å². The first-order valence-electron chi connectivity index (χ1n) is 10.7. The Kier molecular flexibility index (Phi) is 7.20. The zero-order valence-corrected chi connectivity index (χ0v) is 21.0. The molecule has 3 aromatic rings. The first-order chi connectivity index (χ1) is 15.4. The van der Waals surface area contributed by atoms with E-state index in [1.54, 1.807) is 18.2 Å². The van der Waals surface area contributed by atoms with E-state index in [-0.39, 0.29) is 33.0 Å². The molecule has 174 valence electrons. The number of carbonyl (C=O) groups excluding carboxylic acids is 1. The maximum Gasteiger partial charge on any atom is 0.261 e. The molecule has 3 aromatic carbocycles. The normalized spacial score (nSPS) is 12.8. The van der Waals surface area contributed by atoms with Crippen LogP contribution in [-0.4, -0.2) is 14.3 Å². The number of hydrogen-bond acceptors (Lipinski definition) is 3. The van der Waals surface area contributed by atoms with Gasteiger partial charge in [-0.3, -0.25) is 9.52 Å². The number of hydrogen-bond donors (Lipinski definition) is 2. The van der Waals surface area contributed by atoms with E-state index in [0.717, 1.165) is 11.1 Å². The van der Waals surface area contributed by atoms with Crippen molar-refractivity contribution in [3.05, 3.63) is 94.0 Å². The molecule has 1 unspecified atom stereocenters. The van der Waals surface area contributed by atoms with Crippen molar-refractivity contribution in [2.24, 2.45) is 0 Å². The Morgan fingerprint density at radius 3 is 2.09 bits per heavy atom. The molecule has 0 aliphatic carbocycles. The molecule has 0 fully saturated rings. The van der Waals surface area contributed by atoms with Crippen LogP contribution in [0.5, 0.6) is 0 Å². The molecule has 0 aliphatic heterocycles. The molecule has 7 heteroatoms. The van der Waals surface area contributed by atoms with Gasteiger partial charge in [-0.25, -0.2) is 8.42 Å². The highest BCUT2D eigenvalue weighted by Gasteiger charge is 2.18. The van der Waals surface area contributed by atoms with Crippen molar-refractivity contribution in [3.8, 4) is 0 Å². The second-order valence-electron chi connectivity index (χ2n) is 9.18. The standard InChI is InChI=1S/C26H29ClN2O3S/c1-17-6-13-22(14-7-17)33(31,32)29-24-15-10-20(16-23(24)27)25(30)28-18(2)19-8-11-21(12-9-19)26(3,4)5/h6-16,18,29H,1-5H3,(H,28,30). The molecule has 0 radical (unpaired) electrons. The Labute approximate surface area is 201 Å². The van der Waals surface area contributed by atoms with Crippen molar-refractivity contribution >= 4 is 33.2 Å². The molecule has 0 heterocycles. The average molecular weight is 485 g/mol. The van der Waals surface area contributed by atoms with Gasteiger partial charge >= 0.3 is 0 Å². The van der Waals surface area contributed by atoms with E-state index in [0.29, 0.717) is 5.56 Å². The van der Waals surface area contributed by atoms with Gasteiger partial charge in [0.1, 0.15) is 0 Å². The Morgan fingerprint density at radius 2 is 1.55 bits per heavy atom. The van der Waals surface area contributed by atoms with Gasteiger partial charge in [-0.2, -0.15) is 0 Å². The van der Waals surface area contributed by atoms with Gasteiger partial charge in [-0.1, -0.05) is 74.3 Å². The fourth-order valence-electron chi connectivity index (χ4n) is 3.30. The minimum atomic E-state index is -3.79. The van der Waals surface area contributed by atoms with E-state index in [9.17, 15) is 13.2 Å². The van der Waals surface area contributed by atoms with Crippen LogP contribution in [0.1, 0.15) is 60.8 Å². The van der Waals surface area contributed by atoms with E-state index >= 15 is 0 Å². The molecule has 0 bridgehead atoms. The molecule has 5 nitrogen and oxygen atoms in total. The van der Waals surface area contributed by atoms with Crippen LogP contribution in [0.2, 0.25) is 5.02 Å². The lowest BCUT2D eigenvalue weighted by Gasteiger charge is -2.21. The second kappa shape index (κ2) is 9.57. The molecule has 0 aliphatic rings. The Morgan fingerprint density at radius 1 is 0.939 bits per heavy atom. The largest absolute Gasteiger partial charge is 0.346 e. The third kappa shape index (κ3) is 6.15. The van der Waals surface area contributed by atoms with Crippen LogP contribution >= 0.6 is 11.6 Å². The SMILES string of the molecule is Cc1ccc(S(=O)(=O)Nc2ccc(C(=O)NC(C)c3ccc(C(C)(C)C)cc3)cc2Cl)cc1. The quantitative estimate of drug-likeness (QED) is 0.435. The maximum absolute atomic E-state index is 12.7. The third-order valence-electron chi connectivity index (χ3n) is 5.43. The molecule has 0 saturated heterocycles. The van der Waals surface area contributed by atoms with E-state index in [1.807, 2.05) is 26.0 Å². The molecule has 1 amide bonds. The number of halogens is 1. The number of anilines is 1.